The summed E-state index contributed by atoms with van der Waals surface area (Å²) in [5.74, 6) is 0. The second-order valence-corrected chi connectivity index (χ2v) is 4.19. The Kier molecular flexibility index (Phi) is 2.07. The van der Waals surface area contributed by atoms with Gasteiger partial charge in [0, 0.05) is 0 Å². The van der Waals surface area contributed by atoms with Gasteiger partial charge >= 0.3 is 0 Å². The number of hydrogen-bond acceptors (Lipinski definition) is 0. The van der Waals surface area contributed by atoms with Crippen molar-refractivity contribution in [1.29, 1.82) is 0 Å². The van der Waals surface area contributed by atoms with Gasteiger partial charge in [0.05, 0.1) is 0 Å². The lowest BCUT2D eigenvalue weighted by Crippen LogP contribution is -2.12. The van der Waals surface area contributed by atoms with Gasteiger partial charge in [-0.05, 0) is 48.9 Å². The summed E-state index contributed by atoms with van der Waals surface area (Å²) in [6.07, 6.45) is 2.44. The number of fused-ring (bicyclic) bond motifs is 1. The summed E-state index contributed by atoms with van der Waals surface area (Å²) in [5, 5.41) is 0. The molecule has 1 aromatic rings. The Morgan fingerprint density at radius 2 is 1.79 bits per heavy atom. The third kappa shape index (κ3) is 1.22. The zero-order valence-corrected chi connectivity index (χ0v) is 8.98. The first-order valence-corrected chi connectivity index (χ1v) is 5.07. The van der Waals surface area contributed by atoms with Crippen molar-refractivity contribution in [3.8, 4) is 0 Å². The molecule has 1 aromatic carbocycles. The van der Waals surface area contributed by atoms with Gasteiger partial charge in [-0.25, -0.2) is 0 Å². The molecule has 1 aliphatic rings. The predicted molar refractivity (Wildman–Crippen MR) is 63.3 cm³/mol. The van der Waals surface area contributed by atoms with Gasteiger partial charge in [0.2, 0.25) is 0 Å². The van der Waals surface area contributed by atoms with E-state index in [0.717, 1.165) is 5.57 Å². The summed E-state index contributed by atoms with van der Waals surface area (Å²) in [7, 11) is 0. The van der Waals surface area contributed by atoms with Crippen LogP contribution in [-0.4, -0.2) is 0 Å². The molecule has 2 rings (SSSR count). The van der Waals surface area contributed by atoms with Crippen molar-refractivity contribution in [3.05, 3.63) is 47.5 Å². The molecule has 0 spiro atoms. The molecular formula is C14H16. The van der Waals surface area contributed by atoms with Crippen molar-refractivity contribution in [1.82, 2.24) is 0 Å². The van der Waals surface area contributed by atoms with Crippen LogP contribution in [-0.2, 0) is 12.8 Å². The zero-order chi connectivity index (χ0) is 10.3. The Morgan fingerprint density at radius 3 is 2.21 bits per heavy atom. The van der Waals surface area contributed by atoms with Gasteiger partial charge in [-0.2, -0.15) is 0 Å². The van der Waals surface area contributed by atoms with Gasteiger partial charge in [-0.15, -0.1) is 0 Å². The van der Waals surface area contributed by atoms with Crippen LogP contribution in [0.25, 0.3) is 11.1 Å². The summed E-state index contributed by atoms with van der Waals surface area (Å²) < 4.78 is 0. The zero-order valence-electron chi connectivity index (χ0n) is 8.98. The minimum Gasteiger partial charge on any atom is -0.0955 e. The molecule has 72 valence electrons. The summed E-state index contributed by atoms with van der Waals surface area (Å²) in [5.41, 5.74) is 7.92. The lowest BCUT2D eigenvalue weighted by atomic mass is 9.79. The Bertz CT molecular complexity index is 422. The van der Waals surface area contributed by atoms with Crippen LogP contribution in [0.15, 0.2) is 25.3 Å². The van der Waals surface area contributed by atoms with E-state index >= 15 is 0 Å². The molecule has 1 aliphatic carbocycles. The molecule has 0 saturated heterocycles. The molecule has 0 radical (unpaired) electrons. The molecular weight excluding hydrogens is 168 g/mol. The van der Waals surface area contributed by atoms with Crippen molar-refractivity contribution < 1.29 is 0 Å². The fourth-order valence-electron chi connectivity index (χ4n) is 2.14. The molecule has 0 bridgehead atoms. The first kappa shape index (κ1) is 9.26. The minimum atomic E-state index is 1.14. The van der Waals surface area contributed by atoms with Gasteiger partial charge in [-0.1, -0.05) is 36.4 Å². The molecule has 0 fully saturated rings. The van der Waals surface area contributed by atoms with Crippen molar-refractivity contribution in [2.75, 3.05) is 0 Å². The van der Waals surface area contributed by atoms with Crippen LogP contribution < -0.4 is 0 Å². The summed E-state index contributed by atoms with van der Waals surface area (Å²) in [4.78, 5) is 0. The number of aryl methyl sites for hydroxylation is 1. The monoisotopic (exact) mass is 184 g/mol. The number of benzene rings is 1. The van der Waals surface area contributed by atoms with E-state index in [0.29, 0.717) is 0 Å². The Morgan fingerprint density at radius 1 is 1.07 bits per heavy atom. The van der Waals surface area contributed by atoms with E-state index in [2.05, 4.69) is 39.1 Å². The highest BCUT2D eigenvalue weighted by Crippen LogP contribution is 2.35. The Hall–Kier alpha value is -1.30. The van der Waals surface area contributed by atoms with E-state index in [-0.39, 0.29) is 0 Å². The van der Waals surface area contributed by atoms with Crippen LogP contribution in [0.1, 0.15) is 36.1 Å². The number of allylic oxidation sites excluding steroid dienone is 2. The van der Waals surface area contributed by atoms with Gasteiger partial charge in [0.1, 0.15) is 0 Å². The van der Waals surface area contributed by atoms with Gasteiger partial charge in [-0.3, -0.25) is 0 Å². The average molecular weight is 184 g/mol. The fraction of sp³-hybridized carbons (Fsp3) is 0.286. The topological polar surface area (TPSA) is 0 Å². The lowest BCUT2D eigenvalue weighted by Gasteiger charge is -2.25. The standard InChI is InChI=1S/C14H16/c1-9(2)12-7-5-11-6-8-13(11)14(12)10(3)4/h5,7H,1,3,6,8H2,2,4H3. The molecule has 14 heavy (non-hydrogen) atoms. The lowest BCUT2D eigenvalue weighted by molar-refractivity contribution is 0.833. The van der Waals surface area contributed by atoms with Crippen LogP contribution in [0.2, 0.25) is 0 Å². The van der Waals surface area contributed by atoms with E-state index in [1.807, 2.05) is 0 Å². The SMILES string of the molecule is C=C(C)c1ccc2c(c1C(=C)C)CC2. The molecule has 0 saturated carbocycles. The molecule has 0 heteroatoms. The van der Waals surface area contributed by atoms with Crippen molar-refractivity contribution in [3.63, 3.8) is 0 Å². The van der Waals surface area contributed by atoms with E-state index in [4.69, 9.17) is 0 Å². The Balaban J connectivity index is 2.67. The predicted octanol–water partition coefficient (Wildman–Crippen LogP) is 3.85. The molecule has 0 heterocycles. The molecule has 0 N–H and O–H groups in total. The molecule has 0 unspecified atom stereocenters. The maximum atomic E-state index is 4.06. The Labute approximate surface area is 86.0 Å². The average Bonchev–Trinajstić information content (AvgIpc) is 2.05. The summed E-state index contributed by atoms with van der Waals surface area (Å²) in [6, 6.07) is 4.42. The van der Waals surface area contributed by atoms with Crippen LogP contribution in [0.3, 0.4) is 0 Å². The van der Waals surface area contributed by atoms with Gasteiger partial charge in [0.25, 0.3) is 0 Å². The van der Waals surface area contributed by atoms with Gasteiger partial charge < -0.3 is 0 Å². The normalized spacial score (nSPS) is 13.0. The molecule has 0 atom stereocenters. The van der Waals surface area contributed by atoms with Gasteiger partial charge in [0.15, 0.2) is 0 Å². The smallest absolute Gasteiger partial charge is 0.0123 e. The molecule has 0 amide bonds. The van der Waals surface area contributed by atoms with Crippen LogP contribution in [0.4, 0.5) is 0 Å². The summed E-state index contributed by atoms with van der Waals surface area (Å²) in [6.45, 7) is 12.2. The first-order chi connectivity index (χ1) is 6.61. The second-order valence-electron chi connectivity index (χ2n) is 4.19. The molecule has 0 nitrogen and oxygen atoms in total. The van der Waals surface area contributed by atoms with E-state index in [1.54, 1.807) is 0 Å². The van der Waals surface area contributed by atoms with E-state index in [9.17, 15) is 0 Å². The highest BCUT2D eigenvalue weighted by atomic mass is 14.2. The maximum absolute atomic E-state index is 4.06. The maximum Gasteiger partial charge on any atom is -0.0123 e. The van der Waals surface area contributed by atoms with E-state index in [1.165, 1.54) is 40.7 Å². The quantitative estimate of drug-likeness (QED) is 0.655. The summed E-state index contributed by atoms with van der Waals surface area (Å²) >= 11 is 0. The number of hydrogen-bond donors (Lipinski definition) is 0. The first-order valence-electron chi connectivity index (χ1n) is 5.07. The largest absolute Gasteiger partial charge is 0.0955 e. The fourth-order valence-corrected chi connectivity index (χ4v) is 2.14. The van der Waals surface area contributed by atoms with Crippen LogP contribution >= 0.6 is 0 Å². The van der Waals surface area contributed by atoms with Crippen molar-refractivity contribution >= 4 is 11.1 Å². The minimum absolute atomic E-state index is 1.14. The third-order valence-electron chi connectivity index (χ3n) is 2.94. The second kappa shape index (κ2) is 3.13. The third-order valence-corrected chi connectivity index (χ3v) is 2.94. The highest BCUT2D eigenvalue weighted by Gasteiger charge is 2.20. The molecule has 0 aliphatic heterocycles. The van der Waals surface area contributed by atoms with Crippen molar-refractivity contribution in [2.24, 2.45) is 0 Å². The van der Waals surface area contributed by atoms with E-state index < -0.39 is 0 Å². The highest BCUT2D eigenvalue weighted by molar-refractivity contribution is 5.80. The van der Waals surface area contributed by atoms with Crippen LogP contribution in [0, 0.1) is 0 Å². The van der Waals surface area contributed by atoms with Crippen molar-refractivity contribution in [2.45, 2.75) is 26.7 Å². The number of rotatable bonds is 2. The molecule has 0 aromatic heterocycles. The van der Waals surface area contributed by atoms with Crippen LogP contribution in [0.5, 0.6) is 0 Å².